The Morgan fingerprint density at radius 2 is 1.90 bits per heavy atom. The number of allylic oxidation sites excluding steroid dienone is 5. The molecule has 2 aromatic rings. The van der Waals surface area contributed by atoms with Crippen molar-refractivity contribution in [1.82, 2.24) is 5.32 Å². The highest BCUT2D eigenvalue weighted by molar-refractivity contribution is 5.95. The third-order valence-electron chi connectivity index (χ3n) is 4.87. The average molecular weight is 385 g/mol. The van der Waals surface area contributed by atoms with Crippen molar-refractivity contribution < 1.29 is 9.18 Å². The van der Waals surface area contributed by atoms with Crippen LogP contribution in [0, 0.1) is 23.6 Å². The molecule has 0 saturated carbocycles. The Labute approximate surface area is 171 Å². The molecule has 1 aliphatic rings. The highest BCUT2D eigenvalue weighted by atomic mass is 19.1. The van der Waals surface area contributed by atoms with Gasteiger partial charge >= 0.3 is 0 Å². The van der Waals surface area contributed by atoms with Crippen molar-refractivity contribution >= 4 is 5.91 Å². The zero-order valence-electron chi connectivity index (χ0n) is 16.7. The SMILES string of the molecule is CCC1C=CC(C#Cc2cccc(F)c2)=CC=C1C(=O)NC(C)c1ccccc1. The Bertz CT molecular complexity index is 1020. The topological polar surface area (TPSA) is 29.1 Å². The fraction of sp³-hybridized carbons (Fsp3) is 0.192. The summed E-state index contributed by atoms with van der Waals surface area (Å²) in [6.45, 7) is 4.03. The lowest BCUT2D eigenvalue weighted by Gasteiger charge is -2.18. The van der Waals surface area contributed by atoms with Gasteiger partial charge < -0.3 is 5.32 Å². The number of hydrogen-bond acceptors (Lipinski definition) is 1. The van der Waals surface area contributed by atoms with Crippen LogP contribution in [0.15, 0.2) is 90.0 Å². The van der Waals surface area contributed by atoms with E-state index in [0.717, 1.165) is 17.6 Å². The van der Waals surface area contributed by atoms with Gasteiger partial charge in [0.15, 0.2) is 0 Å². The Kier molecular flexibility index (Phi) is 6.81. The monoisotopic (exact) mass is 385 g/mol. The van der Waals surface area contributed by atoms with Crippen LogP contribution in [0.2, 0.25) is 0 Å². The second-order valence-electron chi connectivity index (χ2n) is 6.98. The molecule has 0 aliphatic heterocycles. The van der Waals surface area contributed by atoms with Crippen LogP contribution >= 0.6 is 0 Å². The van der Waals surface area contributed by atoms with E-state index in [9.17, 15) is 9.18 Å². The summed E-state index contributed by atoms with van der Waals surface area (Å²) in [5, 5.41) is 3.09. The molecule has 1 aliphatic carbocycles. The molecule has 0 fully saturated rings. The molecule has 29 heavy (non-hydrogen) atoms. The van der Waals surface area contributed by atoms with Crippen LogP contribution in [0.5, 0.6) is 0 Å². The second kappa shape index (κ2) is 9.71. The van der Waals surface area contributed by atoms with Gasteiger partial charge in [0.2, 0.25) is 5.91 Å². The summed E-state index contributed by atoms with van der Waals surface area (Å²) in [5.74, 6) is 5.67. The van der Waals surface area contributed by atoms with E-state index >= 15 is 0 Å². The van der Waals surface area contributed by atoms with Crippen LogP contribution in [0.4, 0.5) is 4.39 Å². The fourth-order valence-electron chi connectivity index (χ4n) is 3.18. The lowest BCUT2D eigenvalue weighted by molar-refractivity contribution is -0.118. The molecular formula is C26H24FNO. The molecular weight excluding hydrogens is 361 g/mol. The third kappa shape index (κ3) is 5.56. The summed E-state index contributed by atoms with van der Waals surface area (Å²) in [6.07, 6.45) is 8.45. The number of amides is 1. The predicted molar refractivity (Wildman–Crippen MR) is 115 cm³/mol. The lowest BCUT2D eigenvalue weighted by Crippen LogP contribution is -2.30. The molecule has 2 aromatic carbocycles. The van der Waals surface area contributed by atoms with Gasteiger partial charge in [0.1, 0.15) is 5.82 Å². The molecule has 2 unspecified atom stereocenters. The minimum absolute atomic E-state index is 0.0164. The van der Waals surface area contributed by atoms with Crippen LogP contribution in [0.1, 0.15) is 37.4 Å². The number of carbonyl (C=O) groups excluding carboxylic acids is 1. The summed E-state index contributed by atoms with van der Waals surface area (Å²) >= 11 is 0. The molecule has 0 saturated heterocycles. The minimum atomic E-state index is -0.306. The molecule has 3 rings (SSSR count). The van der Waals surface area contributed by atoms with Crippen LogP contribution in [0.3, 0.4) is 0 Å². The first-order valence-corrected chi connectivity index (χ1v) is 9.80. The standard InChI is InChI=1S/C26H24FNO/c1-3-22-16-14-20(12-13-21-8-7-11-24(27)18-21)15-17-25(22)26(29)28-19(2)23-9-5-4-6-10-23/h4-11,14-19,22H,3H2,1-2H3,(H,28,29). The number of benzene rings is 2. The molecule has 2 atom stereocenters. The fourth-order valence-corrected chi connectivity index (χ4v) is 3.18. The van der Waals surface area contributed by atoms with E-state index in [1.165, 1.54) is 12.1 Å². The number of rotatable bonds is 4. The maximum Gasteiger partial charge on any atom is 0.248 e. The van der Waals surface area contributed by atoms with Gasteiger partial charge in [0.25, 0.3) is 0 Å². The molecule has 3 heteroatoms. The van der Waals surface area contributed by atoms with E-state index in [0.29, 0.717) is 11.1 Å². The van der Waals surface area contributed by atoms with Crippen LogP contribution in [-0.2, 0) is 4.79 Å². The molecule has 1 N–H and O–H groups in total. The molecule has 146 valence electrons. The largest absolute Gasteiger partial charge is 0.346 e. The van der Waals surface area contributed by atoms with Crippen molar-refractivity contribution in [3.05, 3.63) is 107 Å². The van der Waals surface area contributed by atoms with Gasteiger partial charge in [0.05, 0.1) is 6.04 Å². The van der Waals surface area contributed by atoms with Crippen molar-refractivity contribution in [3.8, 4) is 11.8 Å². The Balaban J connectivity index is 1.79. The van der Waals surface area contributed by atoms with Crippen LogP contribution < -0.4 is 5.32 Å². The maximum atomic E-state index is 13.3. The highest BCUT2D eigenvalue weighted by Crippen LogP contribution is 2.23. The molecule has 0 aromatic heterocycles. The van der Waals surface area contributed by atoms with Gasteiger partial charge in [-0.3, -0.25) is 4.79 Å². The Hall–Kier alpha value is -3.38. The van der Waals surface area contributed by atoms with Crippen molar-refractivity contribution in [2.24, 2.45) is 5.92 Å². The summed E-state index contributed by atoms with van der Waals surface area (Å²) in [6, 6.07) is 16.0. The van der Waals surface area contributed by atoms with E-state index in [4.69, 9.17) is 0 Å². The molecule has 0 radical (unpaired) electrons. The van der Waals surface area contributed by atoms with E-state index in [-0.39, 0.29) is 23.7 Å². The van der Waals surface area contributed by atoms with E-state index in [1.807, 2.05) is 61.6 Å². The van der Waals surface area contributed by atoms with Gasteiger partial charge in [-0.05, 0) is 49.3 Å². The number of nitrogens with one attached hydrogen (secondary N) is 1. The number of halogens is 1. The zero-order chi connectivity index (χ0) is 20.6. The molecule has 2 nitrogen and oxygen atoms in total. The second-order valence-corrected chi connectivity index (χ2v) is 6.98. The summed E-state index contributed by atoms with van der Waals surface area (Å²) in [4.78, 5) is 12.9. The first-order valence-electron chi connectivity index (χ1n) is 9.80. The van der Waals surface area contributed by atoms with Gasteiger partial charge in [0, 0.05) is 22.6 Å². The lowest BCUT2D eigenvalue weighted by atomic mass is 9.95. The van der Waals surface area contributed by atoms with Gasteiger partial charge in [-0.25, -0.2) is 4.39 Å². The Morgan fingerprint density at radius 3 is 2.62 bits per heavy atom. The van der Waals surface area contributed by atoms with Crippen molar-refractivity contribution in [3.63, 3.8) is 0 Å². The maximum absolute atomic E-state index is 13.3. The third-order valence-corrected chi connectivity index (χ3v) is 4.87. The number of hydrogen-bond donors (Lipinski definition) is 1. The van der Waals surface area contributed by atoms with Gasteiger partial charge in [-0.1, -0.05) is 67.3 Å². The normalized spacial score (nSPS) is 16.6. The van der Waals surface area contributed by atoms with Crippen molar-refractivity contribution in [2.75, 3.05) is 0 Å². The Morgan fingerprint density at radius 1 is 1.10 bits per heavy atom. The molecule has 0 heterocycles. The first-order chi connectivity index (χ1) is 14.1. The highest BCUT2D eigenvalue weighted by Gasteiger charge is 2.20. The van der Waals surface area contributed by atoms with E-state index in [1.54, 1.807) is 12.1 Å². The quantitative estimate of drug-likeness (QED) is 0.692. The smallest absolute Gasteiger partial charge is 0.248 e. The predicted octanol–water partition coefficient (Wildman–Crippen LogP) is 5.50. The van der Waals surface area contributed by atoms with Crippen molar-refractivity contribution in [2.45, 2.75) is 26.3 Å². The van der Waals surface area contributed by atoms with Gasteiger partial charge in [-0.15, -0.1) is 0 Å². The summed E-state index contributed by atoms with van der Waals surface area (Å²) in [5.41, 5.74) is 3.19. The summed E-state index contributed by atoms with van der Waals surface area (Å²) in [7, 11) is 0. The molecule has 0 bridgehead atoms. The zero-order valence-corrected chi connectivity index (χ0v) is 16.7. The van der Waals surface area contributed by atoms with E-state index in [2.05, 4.69) is 24.1 Å². The van der Waals surface area contributed by atoms with Crippen molar-refractivity contribution in [1.29, 1.82) is 0 Å². The van der Waals surface area contributed by atoms with E-state index < -0.39 is 0 Å². The molecule has 1 amide bonds. The van der Waals surface area contributed by atoms with Crippen LogP contribution in [-0.4, -0.2) is 5.91 Å². The van der Waals surface area contributed by atoms with Crippen LogP contribution in [0.25, 0.3) is 0 Å². The summed E-state index contributed by atoms with van der Waals surface area (Å²) < 4.78 is 13.3. The average Bonchev–Trinajstić information content (AvgIpc) is 2.95. The minimum Gasteiger partial charge on any atom is -0.346 e. The van der Waals surface area contributed by atoms with Gasteiger partial charge in [-0.2, -0.15) is 0 Å². The first kappa shape index (κ1) is 20.4. The molecule has 0 spiro atoms. The number of carbonyl (C=O) groups is 1.